The highest BCUT2D eigenvalue weighted by Gasteiger charge is 2.20. The van der Waals surface area contributed by atoms with E-state index in [-0.39, 0.29) is 0 Å². The minimum atomic E-state index is 1.05. The van der Waals surface area contributed by atoms with Gasteiger partial charge in [0.15, 0.2) is 0 Å². The van der Waals surface area contributed by atoms with E-state index in [2.05, 4.69) is 109 Å². The standard InChI is InChI=1S/C14H10.2C12H8.6C2H6/c1-3-7-13(8-4-1)11-12-14-9-5-2-6-10-14;2*1-2-6-10-9(5-1)11-7-3-4-8-12(10)11;6*1-2/h1-10H;2*1-8H;6*1-2H3. The van der Waals surface area contributed by atoms with Crippen molar-refractivity contribution in [3.05, 3.63) is 169 Å². The third-order valence-electron chi connectivity index (χ3n) is 6.77. The first kappa shape index (κ1) is 44.9. The first-order valence-corrected chi connectivity index (χ1v) is 18.9. The van der Waals surface area contributed by atoms with Crippen LogP contribution in [0.25, 0.3) is 44.5 Å². The van der Waals surface area contributed by atoms with Gasteiger partial charge in [-0.05, 0) is 68.8 Å². The highest BCUT2D eigenvalue weighted by atomic mass is 14.2. The predicted molar refractivity (Wildman–Crippen MR) is 229 cm³/mol. The van der Waals surface area contributed by atoms with Crippen LogP contribution < -0.4 is 0 Å². The van der Waals surface area contributed by atoms with Crippen molar-refractivity contribution < 1.29 is 0 Å². The van der Waals surface area contributed by atoms with Gasteiger partial charge in [0.05, 0.1) is 0 Å². The lowest BCUT2D eigenvalue weighted by molar-refractivity contribution is 1.50. The topological polar surface area (TPSA) is 0 Å². The fraction of sp³-hybridized carbons (Fsp3) is 0.240. The number of benzene rings is 6. The van der Waals surface area contributed by atoms with Crippen molar-refractivity contribution in [2.24, 2.45) is 0 Å². The van der Waals surface area contributed by atoms with Gasteiger partial charge in [0.2, 0.25) is 0 Å². The van der Waals surface area contributed by atoms with Gasteiger partial charge in [-0.3, -0.25) is 0 Å². The van der Waals surface area contributed by atoms with Gasteiger partial charge in [-0.1, -0.05) is 228 Å². The van der Waals surface area contributed by atoms with Crippen LogP contribution >= 0.6 is 0 Å². The summed E-state index contributed by atoms with van der Waals surface area (Å²) < 4.78 is 0. The molecule has 262 valence electrons. The number of rotatable bonds is 0. The van der Waals surface area contributed by atoms with E-state index in [1.165, 1.54) is 44.5 Å². The quantitative estimate of drug-likeness (QED) is 0.142. The molecule has 0 saturated heterocycles. The first-order valence-electron chi connectivity index (χ1n) is 18.9. The van der Waals surface area contributed by atoms with Crippen LogP contribution in [0, 0.1) is 11.8 Å². The molecule has 0 amide bonds. The molecule has 0 heterocycles. The molecule has 0 nitrogen and oxygen atoms in total. The van der Waals surface area contributed by atoms with Gasteiger partial charge in [0.25, 0.3) is 0 Å². The average Bonchev–Trinajstić information content (AvgIpc) is 3.24. The molecule has 0 fully saturated rings. The molecule has 0 bridgehead atoms. The number of hydrogen-bond acceptors (Lipinski definition) is 0. The van der Waals surface area contributed by atoms with E-state index in [0.717, 1.165) is 11.1 Å². The van der Waals surface area contributed by atoms with E-state index >= 15 is 0 Å². The summed E-state index contributed by atoms with van der Waals surface area (Å²) in [7, 11) is 0. The van der Waals surface area contributed by atoms with Crippen LogP contribution in [0.2, 0.25) is 0 Å². The Labute approximate surface area is 307 Å². The molecule has 0 saturated carbocycles. The van der Waals surface area contributed by atoms with Crippen LogP contribution in [0.1, 0.15) is 94.2 Å². The molecule has 2 aliphatic rings. The molecule has 6 aromatic rings. The highest BCUT2D eigenvalue weighted by Crippen LogP contribution is 2.47. The van der Waals surface area contributed by atoms with Crippen molar-refractivity contribution in [3.63, 3.8) is 0 Å². The zero-order valence-electron chi connectivity index (χ0n) is 33.0. The second-order valence-electron chi connectivity index (χ2n) is 9.16. The van der Waals surface area contributed by atoms with Gasteiger partial charge in [-0.25, -0.2) is 0 Å². The monoisotopic (exact) mass is 662 g/mol. The zero-order chi connectivity index (χ0) is 37.6. The van der Waals surface area contributed by atoms with Crippen molar-refractivity contribution in [3.8, 4) is 56.3 Å². The van der Waals surface area contributed by atoms with Crippen molar-refractivity contribution >= 4 is 0 Å². The van der Waals surface area contributed by atoms with Crippen molar-refractivity contribution in [1.29, 1.82) is 0 Å². The molecule has 0 aromatic heterocycles. The lowest BCUT2D eigenvalue weighted by Crippen LogP contribution is -1.96. The van der Waals surface area contributed by atoms with Crippen LogP contribution in [0.4, 0.5) is 0 Å². The van der Waals surface area contributed by atoms with Crippen LogP contribution in [-0.2, 0) is 0 Å². The van der Waals surface area contributed by atoms with E-state index in [9.17, 15) is 0 Å². The van der Waals surface area contributed by atoms with E-state index < -0.39 is 0 Å². The lowest BCUT2D eigenvalue weighted by Gasteiger charge is -2.22. The minimum Gasteiger partial charge on any atom is -0.0683 e. The average molecular weight is 663 g/mol. The fourth-order valence-electron chi connectivity index (χ4n) is 4.87. The Bertz CT molecular complexity index is 1420. The fourth-order valence-corrected chi connectivity index (χ4v) is 4.87. The second kappa shape index (κ2) is 28.9. The summed E-state index contributed by atoms with van der Waals surface area (Å²) in [4.78, 5) is 0. The van der Waals surface area contributed by atoms with Crippen molar-refractivity contribution in [2.45, 2.75) is 83.1 Å². The molecule has 0 N–H and O–H groups in total. The van der Waals surface area contributed by atoms with Gasteiger partial charge in [0, 0.05) is 11.1 Å². The maximum Gasteiger partial charge on any atom is 0.0249 e. The Hall–Kier alpha value is -5.12. The minimum absolute atomic E-state index is 1.05. The third kappa shape index (κ3) is 13.1. The number of fused-ring (bicyclic) bond motifs is 8. The van der Waals surface area contributed by atoms with Gasteiger partial charge in [-0.2, -0.15) is 0 Å². The summed E-state index contributed by atoms with van der Waals surface area (Å²) in [5.41, 5.74) is 13.3. The summed E-state index contributed by atoms with van der Waals surface area (Å²) in [5, 5.41) is 0. The Morgan fingerprint density at radius 2 is 0.340 bits per heavy atom. The molecule has 0 spiro atoms. The molecule has 50 heavy (non-hydrogen) atoms. The Morgan fingerprint density at radius 1 is 0.200 bits per heavy atom. The zero-order valence-corrected chi connectivity index (χ0v) is 33.0. The molecule has 0 unspecified atom stereocenters. The summed E-state index contributed by atoms with van der Waals surface area (Å²) in [6.45, 7) is 24.0. The van der Waals surface area contributed by atoms with Crippen LogP contribution in [0.3, 0.4) is 0 Å². The molecule has 6 aromatic carbocycles. The Balaban J connectivity index is 0.000000626. The van der Waals surface area contributed by atoms with Gasteiger partial charge in [-0.15, -0.1) is 0 Å². The normalized spacial score (nSPS) is 8.64. The van der Waals surface area contributed by atoms with Gasteiger partial charge < -0.3 is 0 Å². The molecule has 0 heteroatoms. The summed E-state index contributed by atoms with van der Waals surface area (Å²) in [5.74, 6) is 6.22. The first-order chi connectivity index (χ1) is 24.9. The summed E-state index contributed by atoms with van der Waals surface area (Å²) in [6, 6.07) is 54.2. The summed E-state index contributed by atoms with van der Waals surface area (Å²) in [6.07, 6.45) is 0. The third-order valence-corrected chi connectivity index (χ3v) is 6.77. The lowest BCUT2D eigenvalue weighted by atomic mass is 9.81. The van der Waals surface area contributed by atoms with Crippen LogP contribution in [0.5, 0.6) is 0 Å². The SMILES string of the molecule is C(#Cc1ccccc1)c1ccccc1.CC.CC.CC.CC.CC.CC.c1ccc2c(c1)-c1ccccc1-2.c1ccc2c(c1)-c1ccccc1-2. The molecule has 2 aliphatic carbocycles. The second-order valence-corrected chi connectivity index (χ2v) is 9.16. The Kier molecular flexibility index (Phi) is 25.9. The van der Waals surface area contributed by atoms with Crippen molar-refractivity contribution in [1.82, 2.24) is 0 Å². The molecule has 0 aliphatic heterocycles. The van der Waals surface area contributed by atoms with Gasteiger partial charge >= 0.3 is 0 Å². The molecular weight excluding hydrogens is 601 g/mol. The van der Waals surface area contributed by atoms with E-state index in [4.69, 9.17) is 0 Å². The maximum absolute atomic E-state index is 3.11. The van der Waals surface area contributed by atoms with E-state index in [0.29, 0.717) is 0 Å². The smallest absolute Gasteiger partial charge is 0.0249 e. The largest absolute Gasteiger partial charge is 0.0683 e. The van der Waals surface area contributed by atoms with Crippen LogP contribution in [-0.4, -0.2) is 0 Å². The van der Waals surface area contributed by atoms with Crippen LogP contribution in [0.15, 0.2) is 158 Å². The molecule has 0 atom stereocenters. The van der Waals surface area contributed by atoms with Crippen molar-refractivity contribution in [2.75, 3.05) is 0 Å². The molecular formula is C50H62. The predicted octanol–water partition coefficient (Wildman–Crippen LogP) is 15.9. The Morgan fingerprint density at radius 3 is 0.500 bits per heavy atom. The van der Waals surface area contributed by atoms with Gasteiger partial charge in [0.1, 0.15) is 0 Å². The highest BCUT2D eigenvalue weighted by molar-refractivity contribution is 6.02. The molecule has 0 radical (unpaired) electrons. The van der Waals surface area contributed by atoms with E-state index in [1.54, 1.807) is 0 Å². The molecule has 8 rings (SSSR count). The maximum atomic E-state index is 3.11. The van der Waals surface area contributed by atoms with E-state index in [1.807, 2.05) is 144 Å². The summed E-state index contributed by atoms with van der Waals surface area (Å²) >= 11 is 0. The number of hydrogen-bond donors (Lipinski definition) is 0.